The van der Waals surface area contributed by atoms with E-state index in [-0.39, 0.29) is 12.0 Å². The average Bonchev–Trinajstić information content (AvgIpc) is 2.78. The second kappa shape index (κ2) is 26.7. The van der Waals surface area contributed by atoms with Gasteiger partial charge in [0.15, 0.2) is 0 Å². The van der Waals surface area contributed by atoms with Crippen LogP contribution in [0.5, 0.6) is 0 Å². The minimum absolute atomic E-state index is 0.220. The SMILES string of the molecule is CCCCCCCCCCCCCCCCCC(=O)[O-].O=C([O-])c1ccccc1.[OH][Al+2]. The number of carboxylic acid groups (broad SMARTS) is 2. The number of aromatic carboxylic acids is 1. The van der Waals surface area contributed by atoms with Crippen LogP contribution in [0.3, 0.4) is 0 Å². The van der Waals surface area contributed by atoms with Crippen molar-refractivity contribution in [3.05, 3.63) is 35.9 Å². The van der Waals surface area contributed by atoms with Crippen molar-refractivity contribution in [3.8, 4) is 0 Å². The summed E-state index contributed by atoms with van der Waals surface area (Å²) < 4.78 is 6.92. The van der Waals surface area contributed by atoms with E-state index in [0.29, 0.717) is 0 Å². The van der Waals surface area contributed by atoms with Crippen LogP contribution in [0.25, 0.3) is 0 Å². The van der Waals surface area contributed by atoms with Crippen molar-refractivity contribution in [1.82, 2.24) is 0 Å². The van der Waals surface area contributed by atoms with Gasteiger partial charge >= 0.3 is 20.8 Å². The van der Waals surface area contributed by atoms with Crippen LogP contribution in [0.4, 0.5) is 0 Å². The summed E-state index contributed by atoms with van der Waals surface area (Å²) in [6.07, 6.45) is 19.9. The van der Waals surface area contributed by atoms with E-state index < -0.39 is 11.9 Å². The number of carboxylic acids is 2. The van der Waals surface area contributed by atoms with E-state index in [2.05, 4.69) is 6.92 Å². The zero-order chi connectivity index (χ0) is 23.6. The summed E-state index contributed by atoms with van der Waals surface area (Å²) in [5.41, 5.74) is 0.220. The van der Waals surface area contributed by atoms with Gasteiger partial charge < -0.3 is 19.8 Å². The Morgan fingerprint density at radius 3 is 1.32 bits per heavy atom. The fraction of sp³-hybridized carbons (Fsp3) is 0.680. The number of unbranched alkanes of at least 4 members (excludes halogenated alkanes) is 14. The van der Waals surface area contributed by atoms with Crippen LogP contribution in [-0.2, 0) is 4.79 Å². The number of carbonyl (C=O) groups is 2. The fourth-order valence-corrected chi connectivity index (χ4v) is 3.21. The molecule has 0 bridgehead atoms. The van der Waals surface area contributed by atoms with Crippen molar-refractivity contribution < 1.29 is 24.0 Å². The van der Waals surface area contributed by atoms with Crippen LogP contribution in [0.15, 0.2) is 30.3 Å². The first-order chi connectivity index (χ1) is 15.1. The first-order valence-electron chi connectivity index (χ1n) is 11.8. The summed E-state index contributed by atoms with van der Waals surface area (Å²) in [5, 5.41) is 20.3. The molecule has 5 nitrogen and oxygen atoms in total. The normalized spacial score (nSPS) is 9.81. The van der Waals surface area contributed by atoms with E-state index in [0.717, 1.165) is 12.8 Å². The molecule has 0 aliphatic heterocycles. The monoisotopic (exact) mass is 448 g/mol. The van der Waals surface area contributed by atoms with E-state index in [9.17, 15) is 19.8 Å². The van der Waals surface area contributed by atoms with Crippen LogP contribution in [0.2, 0.25) is 0 Å². The molecule has 174 valence electrons. The van der Waals surface area contributed by atoms with Crippen molar-refractivity contribution in [1.29, 1.82) is 0 Å². The molecule has 0 aromatic heterocycles. The third-order valence-electron chi connectivity index (χ3n) is 4.99. The molecule has 0 atom stereocenters. The molecule has 0 amide bonds. The van der Waals surface area contributed by atoms with Crippen molar-refractivity contribution >= 4 is 28.6 Å². The summed E-state index contributed by atoms with van der Waals surface area (Å²) in [5.74, 6) is -2.03. The predicted molar refractivity (Wildman–Crippen MR) is 123 cm³/mol. The van der Waals surface area contributed by atoms with E-state index in [1.54, 1.807) is 18.2 Å². The Labute approximate surface area is 198 Å². The molecular weight excluding hydrogens is 407 g/mol. The van der Waals surface area contributed by atoms with E-state index in [1.807, 2.05) is 0 Å². The Balaban J connectivity index is 0. The maximum absolute atomic E-state index is 10.2. The molecule has 0 heterocycles. The Bertz CT molecular complexity index is 508. The van der Waals surface area contributed by atoms with Crippen molar-refractivity contribution in [2.24, 2.45) is 0 Å². The first kappa shape index (κ1) is 31.8. The van der Waals surface area contributed by atoms with Crippen molar-refractivity contribution in [2.45, 2.75) is 110 Å². The molecule has 0 saturated heterocycles. The predicted octanol–water partition coefficient (Wildman–Crippen LogP) is 4.11. The zero-order valence-electron chi connectivity index (χ0n) is 19.4. The summed E-state index contributed by atoms with van der Waals surface area (Å²) in [7, 11) is 0. The molecule has 0 radical (unpaired) electrons. The molecule has 31 heavy (non-hydrogen) atoms. The van der Waals surface area contributed by atoms with Gasteiger partial charge in [0.05, 0.1) is 5.97 Å². The van der Waals surface area contributed by atoms with Crippen LogP contribution in [0, 0.1) is 0 Å². The third-order valence-corrected chi connectivity index (χ3v) is 4.99. The van der Waals surface area contributed by atoms with E-state index >= 15 is 0 Å². The Morgan fingerprint density at radius 2 is 1.03 bits per heavy atom. The molecule has 6 heteroatoms. The molecule has 1 rings (SSSR count). The molecule has 0 aliphatic carbocycles. The van der Waals surface area contributed by atoms with Crippen LogP contribution < -0.4 is 10.2 Å². The van der Waals surface area contributed by atoms with Gasteiger partial charge in [-0.2, -0.15) is 0 Å². The number of benzene rings is 1. The Kier molecular flexibility index (Phi) is 27.4. The van der Waals surface area contributed by atoms with Crippen LogP contribution >= 0.6 is 0 Å². The zero-order valence-corrected chi connectivity index (χ0v) is 20.5. The number of rotatable bonds is 17. The molecule has 0 spiro atoms. The van der Waals surface area contributed by atoms with Gasteiger partial charge in [-0.1, -0.05) is 127 Å². The van der Waals surface area contributed by atoms with Gasteiger partial charge in [-0.15, -0.1) is 0 Å². The number of aliphatic carboxylic acids is 1. The average molecular weight is 449 g/mol. The number of carbonyl (C=O) groups excluding carboxylic acids is 2. The second-order valence-electron chi connectivity index (χ2n) is 7.73. The topological polar surface area (TPSA) is 100 Å². The molecule has 0 aliphatic rings. The van der Waals surface area contributed by atoms with E-state index in [1.165, 1.54) is 112 Å². The van der Waals surface area contributed by atoms with Crippen LogP contribution in [0.1, 0.15) is 120 Å². The van der Waals surface area contributed by atoms with Crippen LogP contribution in [-0.4, -0.2) is 32.7 Å². The number of hydrogen-bond acceptors (Lipinski definition) is 5. The van der Waals surface area contributed by atoms with Gasteiger partial charge in [-0.05, 0) is 18.4 Å². The fourth-order valence-electron chi connectivity index (χ4n) is 3.21. The van der Waals surface area contributed by atoms with Gasteiger partial charge in [0.25, 0.3) is 0 Å². The van der Waals surface area contributed by atoms with Gasteiger partial charge in [-0.25, -0.2) is 0 Å². The van der Waals surface area contributed by atoms with E-state index in [4.69, 9.17) is 4.16 Å². The van der Waals surface area contributed by atoms with Crippen molar-refractivity contribution in [3.63, 3.8) is 0 Å². The molecule has 1 aromatic carbocycles. The summed E-state index contributed by atoms with van der Waals surface area (Å²) >= 11 is 1.42. The Morgan fingerprint density at radius 1 is 0.677 bits per heavy atom. The molecule has 0 saturated carbocycles. The quantitative estimate of drug-likeness (QED) is 0.285. The summed E-state index contributed by atoms with van der Waals surface area (Å²) in [6.45, 7) is 2.27. The van der Waals surface area contributed by atoms with Gasteiger partial charge in [0.1, 0.15) is 0 Å². The molecule has 0 unspecified atom stereocenters. The molecular formula is C25H41AlO5. The Hall–Kier alpha value is -1.35. The summed E-state index contributed by atoms with van der Waals surface area (Å²) in [4.78, 5) is 20.3. The molecule has 1 aromatic rings. The van der Waals surface area contributed by atoms with Crippen molar-refractivity contribution in [2.75, 3.05) is 0 Å². The van der Waals surface area contributed by atoms with Gasteiger partial charge in [0, 0.05) is 5.97 Å². The minimum atomic E-state index is -1.13. The first-order valence-corrected chi connectivity index (χ1v) is 12.3. The standard InChI is InChI=1S/C18H36O2.C7H6O2.Al.H2O/c1-2-3-4-5-6-7-8-9-10-11-12-13-14-15-16-17-18(19)20;8-7(9)6-4-2-1-3-5-6;;/h2-17H2,1H3,(H,19,20);1-5H,(H,8,9);;1H2/q;;+3;/p-3. The number of hydrogen-bond donors (Lipinski definition) is 1. The molecule has 1 N–H and O–H groups in total. The molecule has 0 fully saturated rings. The van der Waals surface area contributed by atoms with Gasteiger partial charge in [-0.3, -0.25) is 0 Å². The van der Waals surface area contributed by atoms with Gasteiger partial charge in [0.2, 0.25) is 0 Å². The third kappa shape index (κ3) is 26.6. The maximum atomic E-state index is 10.2. The second-order valence-corrected chi connectivity index (χ2v) is 7.73. The summed E-state index contributed by atoms with van der Waals surface area (Å²) in [6, 6.07) is 8.06.